The number of carbonyl (C=O) groups excluding carboxylic acids is 1. The average Bonchev–Trinajstić information content (AvgIpc) is 3.08. The van der Waals surface area contributed by atoms with Gasteiger partial charge in [0.2, 0.25) is 0 Å². The van der Waals surface area contributed by atoms with E-state index in [-0.39, 0.29) is 30.1 Å². The van der Waals surface area contributed by atoms with Crippen LogP contribution in [-0.4, -0.2) is 68.0 Å². The maximum atomic E-state index is 12.3. The Bertz CT molecular complexity index is 484. The number of ether oxygens (including phenoxy) is 2. The van der Waals surface area contributed by atoms with Gasteiger partial charge in [0, 0.05) is 32.7 Å². The number of guanidine groups is 1. The van der Waals surface area contributed by atoms with Crippen LogP contribution in [0.5, 0.6) is 0 Å². The van der Waals surface area contributed by atoms with Crippen molar-refractivity contribution in [3.05, 3.63) is 0 Å². The fourth-order valence-corrected chi connectivity index (χ4v) is 3.11. The number of hydrogen-bond acceptors (Lipinski definition) is 4. The summed E-state index contributed by atoms with van der Waals surface area (Å²) in [5.74, 6) is 1.41. The lowest BCUT2D eigenvalue weighted by atomic mass is 9.93. The Labute approximate surface area is 188 Å². The quantitative estimate of drug-likeness (QED) is 0.295. The molecule has 1 aliphatic rings. The van der Waals surface area contributed by atoms with Crippen molar-refractivity contribution >= 4 is 36.0 Å². The number of nitrogens with zero attached hydrogens (tertiary/aromatic N) is 2. The van der Waals surface area contributed by atoms with Gasteiger partial charge < -0.3 is 25.0 Å². The molecule has 0 radical (unpaired) electrons. The van der Waals surface area contributed by atoms with Gasteiger partial charge in [0.1, 0.15) is 5.60 Å². The summed E-state index contributed by atoms with van der Waals surface area (Å²) < 4.78 is 10.9. The van der Waals surface area contributed by atoms with E-state index >= 15 is 0 Å². The molecule has 28 heavy (non-hydrogen) atoms. The molecule has 2 N–H and O–H groups in total. The lowest BCUT2D eigenvalue weighted by Crippen LogP contribution is -2.52. The minimum Gasteiger partial charge on any atom is -0.444 e. The maximum Gasteiger partial charge on any atom is 0.408 e. The molecule has 0 bridgehead atoms. The van der Waals surface area contributed by atoms with Gasteiger partial charge in [0.05, 0.1) is 18.7 Å². The van der Waals surface area contributed by atoms with Crippen molar-refractivity contribution in [3.63, 3.8) is 0 Å². The Balaban J connectivity index is 0.00000729. The van der Waals surface area contributed by atoms with Gasteiger partial charge in [0.25, 0.3) is 0 Å². The molecule has 1 atom stereocenters. The minimum absolute atomic E-state index is 0. The lowest BCUT2D eigenvalue weighted by Gasteiger charge is -2.33. The Hall–Kier alpha value is -0.770. The van der Waals surface area contributed by atoms with Crippen molar-refractivity contribution in [3.8, 4) is 0 Å². The van der Waals surface area contributed by atoms with Crippen LogP contribution >= 0.6 is 24.0 Å². The Morgan fingerprint density at radius 2 is 1.89 bits per heavy atom. The van der Waals surface area contributed by atoms with Gasteiger partial charge in [0.15, 0.2) is 5.96 Å². The number of rotatable bonds is 8. The number of alkyl carbamates (subject to hydrolysis) is 1. The molecule has 166 valence electrons. The Morgan fingerprint density at radius 3 is 2.36 bits per heavy atom. The minimum atomic E-state index is -0.515. The number of carbonyl (C=O) groups is 1. The zero-order valence-corrected chi connectivity index (χ0v) is 21.1. The predicted octanol–water partition coefficient (Wildman–Crippen LogP) is 3.62. The molecule has 0 spiro atoms. The van der Waals surface area contributed by atoms with Crippen LogP contribution in [0.3, 0.4) is 0 Å². The smallest absolute Gasteiger partial charge is 0.408 e. The fourth-order valence-electron chi connectivity index (χ4n) is 3.11. The van der Waals surface area contributed by atoms with E-state index < -0.39 is 11.1 Å². The molecule has 1 aliphatic heterocycles. The molecule has 1 rings (SSSR count). The van der Waals surface area contributed by atoms with Gasteiger partial charge in [-0.2, -0.15) is 0 Å². The van der Waals surface area contributed by atoms with Crippen LogP contribution in [0.4, 0.5) is 4.79 Å². The van der Waals surface area contributed by atoms with Crippen molar-refractivity contribution in [2.45, 2.75) is 71.9 Å². The SMILES string of the molecule is CCNC(=NCC(CC)(CC)NC(=O)OC(C)(C)C)N(C)CC1CCOC1.I. The normalized spacial score (nSPS) is 17.7. The van der Waals surface area contributed by atoms with Gasteiger partial charge in [-0.3, -0.25) is 4.99 Å². The third-order valence-electron chi connectivity index (χ3n) is 4.90. The number of hydrogen-bond donors (Lipinski definition) is 2. The van der Waals surface area contributed by atoms with Crippen LogP contribution in [0.1, 0.15) is 60.8 Å². The van der Waals surface area contributed by atoms with E-state index in [9.17, 15) is 4.79 Å². The van der Waals surface area contributed by atoms with Gasteiger partial charge >= 0.3 is 6.09 Å². The second-order valence-electron chi connectivity index (χ2n) is 8.39. The van der Waals surface area contributed by atoms with Crippen LogP contribution in [0.25, 0.3) is 0 Å². The first-order chi connectivity index (χ1) is 12.6. The molecule has 8 heteroatoms. The van der Waals surface area contributed by atoms with Gasteiger partial charge in [-0.1, -0.05) is 13.8 Å². The monoisotopic (exact) mass is 512 g/mol. The van der Waals surface area contributed by atoms with E-state index in [0.717, 1.165) is 51.5 Å². The molecule has 1 unspecified atom stereocenters. The molecule has 7 nitrogen and oxygen atoms in total. The molecule has 0 aromatic heterocycles. The summed E-state index contributed by atoms with van der Waals surface area (Å²) in [5, 5.41) is 6.42. The van der Waals surface area contributed by atoms with Crippen LogP contribution in [0, 0.1) is 5.92 Å². The number of aliphatic imine (C=N–C) groups is 1. The highest BCUT2D eigenvalue weighted by Gasteiger charge is 2.31. The molecule has 0 aromatic rings. The Kier molecular flexibility index (Phi) is 12.4. The van der Waals surface area contributed by atoms with Gasteiger partial charge in [-0.25, -0.2) is 4.79 Å². The Morgan fingerprint density at radius 1 is 1.25 bits per heavy atom. The molecule has 1 fully saturated rings. The summed E-state index contributed by atoms with van der Waals surface area (Å²) in [6, 6.07) is 0. The molecular weight excluding hydrogens is 471 g/mol. The van der Waals surface area contributed by atoms with Crippen LogP contribution < -0.4 is 10.6 Å². The summed E-state index contributed by atoms with van der Waals surface area (Å²) >= 11 is 0. The third-order valence-corrected chi connectivity index (χ3v) is 4.90. The fraction of sp³-hybridized carbons (Fsp3) is 0.900. The summed E-state index contributed by atoms with van der Waals surface area (Å²) in [6.45, 7) is 15.7. The van der Waals surface area contributed by atoms with Crippen LogP contribution in [0.2, 0.25) is 0 Å². The lowest BCUT2D eigenvalue weighted by molar-refractivity contribution is 0.0451. The molecular formula is C20H41IN4O3. The first-order valence-corrected chi connectivity index (χ1v) is 10.2. The molecule has 0 aromatic carbocycles. The van der Waals surface area contributed by atoms with E-state index in [4.69, 9.17) is 14.5 Å². The average molecular weight is 512 g/mol. The molecule has 1 heterocycles. The third kappa shape index (κ3) is 9.62. The molecule has 0 aliphatic carbocycles. The second-order valence-corrected chi connectivity index (χ2v) is 8.39. The zero-order chi connectivity index (χ0) is 20.5. The molecule has 0 saturated carbocycles. The molecule has 1 amide bonds. The first-order valence-electron chi connectivity index (χ1n) is 10.2. The van der Waals surface area contributed by atoms with Gasteiger partial charge in [-0.15, -0.1) is 24.0 Å². The molecule has 1 saturated heterocycles. The zero-order valence-electron chi connectivity index (χ0n) is 18.8. The second kappa shape index (κ2) is 12.7. The topological polar surface area (TPSA) is 75.2 Å². The highest BCUT2D eigenvalue weighted by molar-refractivity contribution is 14.0. The van der Waals surface area contributed by atoms with E-state index in [2.05, 4.69) is 43.4 Å². The summed E-state index contributed by atoms with van der Waals surface area (Å²) in [4.78, 5) is 19.3. The number of amides is 1. The van der Waals surface area contributed by atoms with E-state index in [1.807, 2.05) is 20.8 Å². The predicted molar refractivity (Wildman–Crippen MR) is 126 cm³/mol. The van der Waals surface area contributed by atoms with Crippen molar-refractivity contribution in [1.29, 1.82) is 0 Å². The highest BCUT2D eigenvalue weighted by Crippen LogP contribution is 2.18. The summed E-state index contributed by atoms with van der Waals surface area (Å²) in [7, 11) is 2.06. The summed E-state index contributed by atoms with van der Waals surface area (Å²) in [6.07, 6.45) is 2.28. The van der Waals surface area contributed by atoms with Crippen LogP contribution in [-0.2, 0) is 9.47 Å². The van der Waals surface area contributed by atoms with Crippen LogP contribution in [0.15, 0.2) is 4.99 Å². The first kappa shape index (κ1) is 27.2. The number of halogens is 1. The van der Waals surface area contributed by atoms with E-state index in [1.54, 1.807) is 0 Å². The standard InChI is InChI=1S/C20H40N4O3.HI/c1-8-20(9-2,23-18(25)27-19(4,5)6)15-22-17(21-10-3)24(7)13-16-11-12-26-14-16;/h16H,8-15H2,1-7H3,(H,21,22)(H,23,25);1H. The van der Waals surface area contributed by atoms with Crippen molar-refractivity contribution in [2.24, 2.45) is 10.9 Å². The number of nitrogens with one attached hydrogen (secondary N) is 2. The van der Waals surface area contributed by atoms with Crippen molar-refractivity contribution in [2.75, 3.05) is 39.9 Å². The summed E-state index contributed by atoms with van der Waals surface area (Å²) in [5.41, 5.74) is -0.931. The maximum absolute atomic E-state index is 12.3. The highest BCUT2D eigenvalue weighted by atomic mass is 127. The van der Waals surface area contributed by atoms with Gasteiger partial charge in [-0.05, 0) is 47.0 Å². The largest absolute Gasteiger partial charge is 0.444 e. The van der Waals surface area contributed by atoms with Crippen molar-refractivity contribution in [1.82, 2.24) is 15.5 Å². The van der Waals surface area contributed by atoms with E-state index in [0.29, 0.717) is 12.5 Å². The van der Waals surface area contributed by atoms with Crippen molar-refractivity contribution < 1.29 is 14.3 Å². The van der Waals surface area contributed by atoms with E-state index in [1.165, 1.54) is 0 Å².